The number of aryl methyl sites for hydroxylation is 1. The molecule has 4 aromatic rings. The maximum absolute atomic E-state index is 12.4. The van der Waals surface area contributed by atoms with Crippen LogP contribution in [0.25, 0.3) is 27.2 Å². The molecule has 0 fully saturated rings. The van der Waals surface area contributed by atoms with Gasteiger partial charge in [-0.25, -0.2) is 9.78 Å². The van der Waals surface area contributed by atoms with Crippen LogP contribution in [0.5, 0.6) is 0 Å². The molecule has 0 spiro atoms. The van der Waals surface area contributed by atoms with Crippen LogP contribution in [0.3, 0.4) is 0 Å². The van der Waals surface area contributed by atoms with Crippen LogP contribution < -0.4 is 5.43 Å². The van der Waals surface area contributed by atoms with Crippen molar-refractivity contribution in [1.29, 1.82) is 0 Å². The molecule has 1 aromatic carbocycles. The predicted octanol–water partition coefficient (Wildman–Crippen LogP) is 4.12. The smallest absolute Gasteiger partial charge is 0.341 e. The SMILES string of the molecule is Cc1csc(-c2cccc(-n3cc(C(=O)O)c(=O)c4cccnc43)c2)c1. The summed E-state index contributed by atoms with van der Waals surface area (Å²) in [5, 5.41) is 11.8. The zero-order valence-electron chi connectivity index (χ0n) is 13.8. The summed E-state index contributed by atoms with van der Waals surface area (Å²) in [7, 11) is 0. The van der Waals surface area contributed by atoms with E-state index in [4.69, 9.17) is 0 Å². The number of benzene rings is 1. The van der Waals surface area contributed by atoms with Crippen molar-refractivity contribution in [3.05, 3.63) is 81.6 Å². The summed E-state index contributed by atoms with van der Waals surface area (Å²) >= 11 is 1.65. The summed E-state index contributed by atoms with van der Waals surface area (Å²) < 4.78 is 1.66. The molecule has 1 N–H and O–H groups in total. The van der Waals surface area contributed by atoms with Gasteiger partial charge in [0, 0.05) is 23.0 Å². The lowest BCUT2D eigenvalue weighted by Crippen LogP contribution is -2.18. The Morgan fingerprint density at radius 2 is 2.04 bits per heavy atom. The second kappa shape index (κ2) is 6.24. The number of carboxylic acids is 1. The summed E-state index contributed by atoms with van der Waals surface area (Å²) in [5.41, 5.74) is 2.60. The van der Waals surface area contributed by atoms with E-state index in [1.807, 2.05) is 31.2 Å². The Morgan fingerprint density at radius 1 is 1.19 bits per heavy atom. The third-order valence-corrected chi connectivity index (χ3v) is 5.23. The van der Waals surface area contributed by atoms with Crippen LogP contribution in [-0.2, 0) is 0 Å². The lowest BCUT2D eigenvalue weighted by molar-refractivity contribution is 0.0695. The number of thiophene rings is 1. The average Bonchev–Trinajstić information content (AvgIpc) is 3.08. The molecule has 0 aliphatic rings. The van der Waals surface area contributed by atoms with Gasteiger partial charge in [0.15, 0.2) is 0 Å². The van der Waals surface area contributed by atoms with Gasteiger partial charge in [-0.15, -0.1) is 11.3 Å². The number of pyridine rings is 2. The molecule has 0 aliphatic carbocycles. The first-order valence-electron chi connectivity index (χ1n) is 7.94. The Hall–Kier alpha value is -3.25. The number of carbonyl (C=O) groups is 1. The number of aromatic nitrogens is 2. The summed E-state index contributed by atoms with van der Waals surface area (Å²) in [6.07, 6.45) is 2.93. The molecule has 3 heterocycles. The van der Waals surface area contributed by atoms with Crippen LogP contribution in [0.15, 0.2) is 65.0 Å². The molecular formula is C20H14N2O3S. The quantitative estimate of drug-likeness (QED) is 0.595. The molecule has 0 radical (unpaired) electrons. The fraction of sp³-hybridized carbons (Fsp3) is 0.0500. The van der Waals surface area contributed by atoms with E-state index in [1.54, 1.807) is 34.2 Å². The third kappa shape index (κ3) is 2.70. The maximum atomic E-state index is 12.4. The summed E-state index contributed by atoms with van der Waals surface area (Å²) in [6.45, 7) is 2.04. The first-order valence-corrected chi connectivity index (χ1v) is 8.82. The number of rotatable bonds is 3. The second-order valence-corrected chi connectivity index (χ2v) is 6.87. The second-order valence-electron chi connectivity index (χ2n) is 5.96. The van der Waals surface area contributed by atoms with Gasteiger partial charge in [-0.3, -0.25) is 4.79 Å². The summed E-state index contributed by atoms with van der Waals surface area (Å²) in [5.74, 6) is -1.25. The predicted molar refractivity (Wildman–Crippen MR) is 102 cm³/mol. The van der Waals surface area contributed by atoms with Crippen molar-refractivity contribution >= 4 is 28.3 Å². The molecule has 0 amide bonds. The van der Waals surface area contributed by atoms with E-state index >= 15 is 0 Å². The van der Waals surface area contributed by atoms with Gasteiger partial charge in [0.1, 0.15) is 11.2 Å². The first-order chi connectivity index (χ1) is 12.5. The maximum Gasteiger partial charge on any atom is 0.341 e. The highest BCUT2D eigenvalue weighted by atomic mass is 32.1. The average molecular weight is 362 g/mol. The minimum Gasteiger partial charge on any atom is -0.477 e. The van der Waals surface area contributed by atoms with Crippen LogP contribution in [0, 0.1) is 6.92 Å². The molecule has 0 saturated heterocycles. The molecule has 0 bridgehead atoms. The molecule has 0 saturated carbocycles. The van der Waals surface area contributed by atoms with Crippen molar-refractivity contribution in [3.8, 4) is 16.1 Å². The Bertz CT molecular complexity index is 1210. The highest BCUT2D eigenvalue weighted by Gasteiger charge is 2.16. The highest BCUT2D eigenvalue weighted by molar-refractivity contribution is 7.13. The van der Waals surface area contributed by atoms with Crippen molar-refractivity contribution in [1.82, 2.24) is 9.55 Å². The van der Waals surface area contributed by atoms with Gasteiger partial charge >= 0.3 is 5.97 Å². The monoisotopic (exact) mass is 362 g/mol. The zero-order chi connectivity index (χ0) is 18.3. The minimum atomic E-state index is -1.25. The number of carboxylic acid groups (broad SMARTS) is 1. The number of aromatic carboxylic acids is 1. The summed E-state index contributed by atoms with van der Waals surface area (Å²) in [6, 6.07) is 13.1. The van der Waals surface area contributed by atoms with Gasteiger partial charge in [-0.1, -0.05) is 12.1 Å². The number of fused-ring (bicyclic) bond motifs is 1. The third-order valence-electron chi connectivity index (χ3n) is 4.13. The molecule has 0 aliphatic heterocycles. The Labute approximate surface area is 152 Å². The Morgan fingerprint density at radius 3 is 2.77 bits per heavy atom. The highest BCUT2D eigenvalue weighted by Crippen LogP contribution is 2.29. The minimum absolute atomic E-state index is 0.275. The van der Waals surface area contributed by atoms with Crippen molar-refractivity contribution in [3.63, 3.8) is 0 Å². The van der Waals surface area contributed by atoms with Crippen LogP contribution >= 0.6 is 11.3 Å². The van der Waals surface area contributed by atoms with Gasteiger partial charge in [-0.05, 0) is 53.8 Å². The van der Waals surface area contributed by atoms with E-state index in [0.717, 1.165) is 16.1 Å². The summed E-state index contributed by atoms with van der Waals surface area (Å²) in [4.78, 5) is 29.3. The zero-order valence-corrected chi connectivity index (χ0v) is 14.7. The van der Waals surface area contributed by atoms with E-state index in [0.29, 0.717) is 5.65 Å². The lowest BCUT2D eigenvalue weighted by Gasteiger charge is -2.12. The fourth-order valence-corrected chi connectivity index (χ4v) is 3.80. The molecule has 5 nitrogen and oxygen atoms in total. The molecule has 6 heteroatoms. The molecule has 4 rings (SSSR count). The first kappa shape index (κ1) is 16.2. The van der Waals surface area contributed by atoms with E-state index in [1.165, 1.54) is 11.8 Å². The van der Waals surface area contributed by atoms with E-state index in [-0.39, 0.29) is 10.9 Å². The van der Waals surface area contributed by atoms with Crippen LogP contribution in [0.4, 0.5) is 0 Å². The van der Waals surface area contributed by atoms with Gasteiger partial charge in [0.25, 0.3) is 0 Å². The molecule has 0 unspecified atom stereocenters. The fourth-order valence-electron chi connectivity index (χ4n) is 2.90. The van der Waals surface area contributed by atoms with Gasteiger partial charge < -0.3 is 9.67 Å². The van der Waals surface area contributed by atoms with Crippen LogP contribution in [-0.4, -0.2) is 20.6 Å². The molecular weight excluding hydrogens is 348 g/mol. The van der Waals surface area contributed by atoms with Crippen molar-refractivity contribution in [2.45, 2.75) is 6.92 Å². The topological polar surface area (TPSA) is 72.2 Å². The molecule has 26 heavy (non-hydrogen) atoms. The van der Waals surface area contributed by atoms with Gasteiger partial charge in [0.2, 0.25) is 5.43 Å². The number of nitrogens with zero attached hydrogens (tertiary/aromatic N) is 2. The van der Waals surface area contributed by atoms with E-state index in [9.17, 15) is 14.7 Å². The molecule has 128 valence electrons. The number of hydrogen-bond acceptors (Lipinski definition) is 4. The lowest BCUT2D eigenvalue weighted by atomic mass is 10.1. The Balaban J connectivity index is 1.99. The van der Waals surface area contributed by atoms with Crippen LogP contribution in [0.2, 0.25) is 0 Å². The van der Waals surface area contributed by atoms with Crippen molar-refractivity contribution in [2.75, 3.05) is 0 Å². The van der Waals surface area contributed by atoms with Crippen molar-refractivity contribution in [2.24, 2.45) is 0 Å². The molecule has 0 atom stereocenters. The largest absolute Gasteiger partial charge is 0.477 e. The van der Waals surface area contributed by atoms with Gasteiger partial charge in [-0.2, -0.15) is 0 Å². The normalized spacial score (nSPS) is 11.0. The van der Waals surface area contributed by atoms with Gasteiger partial charge in [0.05, 0.1) is 5.39 Å². The number of hydrogen-bond donors (Lipinski definition) is 1. The Kier molecular flexibility index (Phi) is 3.89. The standard InChI is InChI=1S/C20H14N2O3S/c1-12-8-17(26-11-12)13-4-2-5-14(9-13)22-10-16(20(24)25)18(23)15-6-3-7-21-19(15)22/h2-11H,1H3,(H,24,25). The van der Waals surface area contributed by atoms with Crippen molar-refractivity contribution < 1.29 is 9.90 Å². The van der Waals surface area contributed by atoms with Crippen LogP contribution in [0.1, 0.15) is 15.9 Å². The molecule has 3 aromatic heterocycles. The van der Waals surface area contributed by atoms with E-state index < -0.39 is 11.4 Å². The van der Waals surface area contributed by atoms with E-state index in [2.05, 4.69) is 16.4 Å².